The summed E-state index contributed by atoms with van der Waals surface area (Å²) in [5.74, 6) is -1.19. The average molecular weight is 185 g/mol. The van der Waals surface area contributed by atoms with E-state index in [9.17, 15) is 9.50 Å². The molecule has 0 aliphatic heterocycles. The number of nitrogens with two attached hydrogens (primary N) is 1. The van der Waals surface area contributed by atoms with Crippen molar-refractivity contribution < 1.29 is 14.6 Å². The minimum absolute atomic E-state index is 0.266. The van der Waals surface area contributed by atoms with E-state index >= 15 is 0 Å². The Morgan fingerprint density at radius 2 is 2.15 bits per heavy atom. The molecule has 0 amide bonds. The van der Waals surface area contributed by atoms with E-state index in [1.165, 1.54) is 6.07 Å². The zero-order valence-electron chi connectivity index (χ0n) is 7.29. The minimum Gasteiger partial charge on any atom is -0.505 e. The lowest BCUT2D eigenvalue weighted by atomic mass is 10.0. The van der Waals surface area contributed by atoms with E-state index in [4.69, 9.17) is 10.8 Å². The second kappa shape index (κ2) is 3.72. The van der Waals surface area contributed by atoms with Crippen molar-refractivity contribution in [3.05, 3.63) is 29.1 Å². The smallest absolute Gasteiger partial charge is 0.165 e. The molecular weight excluding hydrogens is 173 g/mol. The Kier molecular flexibility index (Phi) is 2.85. The van der Waals surface area contributed by atoms with Gasteiger partial charge in [-0.25, -0.2) is 4.39 Å². The van der Waals surface area contributed by atoms with Crippen molar-refractivity contribution >= 4 is 0 Å². The van der Waals surface area contributed by atoms with Crippen LogP contribution < -0.4 is 5.73 Å². The lowest BCUT2D eigenvalue weighted by Crippen LogP contribution is -2.16. The Bertz CT molecular complexity index is 315. The summed E-state index contributed by atoms with van der Waals surface area (Å²) < 4.78 is 12.9. The van der Waals surface area contributed by atoms with Crippen LogP contribution in [0.1, 0.15) is 17.2 Å². The third-order valence-electron chi connectivity index (χ3n) is 1.95. The van der Waals surface area contributed by atoms with Gasteiger partial charge in [-0.2, -0.15) is 0 Å². The van der Waals surface area contributed by atoms with Crippen LogP contribution in [0.2, 0.25) is 0 Å². The van der Waals surface area contributed by atoms with Gasteiger partial charge < -0.3 is 15.9 Å². The van der Waals surface area contributed by atoms with Crippen LogP contribution in [0.3, 0.4) is 0 Å². The highest BCUT2D eigenvalue weighted by molar-refractivity contribution is 5.41. The molecule has 72 valence electrons. The number of aromatic hydroxyl groups is 1. The molecule has 1 rings (SSSR count). The van der Waals surface area contributed by atoms with Gasteiger partial charge in [0.2, 0.25) is 0 Å². The molecule has 0 aliphatic carbocycles. The summed E-state index contributed by atoms with van der Waals surface area (Å²) in [5.41, 5.74) is 6.42. The molecule has 13 heavy (non-hydrogen) atoms. The van der Waals surface area contributed by atoms with E-state index in [2.05, 4.69) is 0 Å². The molecule has 1 atom stereocenters. The van der Waals surface area contributed by atoms with Gasteiger partial charge in [-0.15, -0.1) is 0 Å². The van der Waals surface area contributed by atoms with Gasteiger partial charge in [-0.1, -0.05) is 6.07 Å². The Hall–Kier alpha value is -1.13. The fraction of sp³-hybridized carbons (Fsp3) is 0.333. The van der Waals surface area contributed by atoms with Crippen molar-refractivity contribution in [3.63, 3.8) is 0 Å². The molecule has 4 N–H and O–H groups in total. The van der Waals surface area contributed by atoms with Gasteiger partial charge in [0.05, 0.1) is 12.6 Å². The highest BCUT2D eigenvalue weighted by atomic mass is 19.1. The Morgan fingerprint density at radius 3 is 2.69 bits per heavy atom. The fourth-order valence-corrected chi connectivity index (χ4v) is 1.24. The van der Waals surface area contributed by atoms with Crippen LogP contribution >= 0.6 is 0 Å². The number of benzene rings is 1. The van der Waals surface area contributed by atoms with Crippen LogP contribution in [-0.4, -0.2) is 16.8 Å². The van der Waals surface area contributed by atoms with Gasteiger partial charge in [0.1, 0.15) is 0 Å². The maximum Gasteiger partial charge on any atom is 0.165 e. The molecule has 0 fully saturated rings. The first kappa shape index (κ1) is 9.95. The maximum absolute atomic E-state index is 12.9. The molecule has 0 saturated carbocycles. The van der Waals surface area contributed by atoms with Gasteiger partial charge >= 0.3 is 0 Å². The quantitative estimate of drug-likeness (QED) is 0.639. The first-order chi connectivity index (χ1) is 6.07. The number of hydrogen-bond acceptors (Lipinski definition) is 3. The first-order valence-corrected chi connectivity index (χ1v) is 3.92. The van der Waals surface area contributed by atoms with Gasteiger partial charge in [-0.05, 0) is 18.6 Å². The number of hydrogen-bond donors (Lipinski definition) is 3. The Labute approximate surface area is 75.6 Å². The van der Waals surface area contributed by atoms with Crippen LogP contribution in [0.4, 0.5) is 4.39 Å². The number of aryl methyl sites for hydroxylation is 1. The standard InChI is InChI=1S/C9H12FNO2/c1-5-2-3-6(10)9(13)8(5)7(11)4-12/h2-3,7,12-13H,4,11H2,1H3/t7-/m1/s1. The third kappa shape index (κ3) is 1.79. The summed E-state index contributed by atoms with van der Waals surface area (Å²) >= 11 is 0. The van der Waals surface area contributed by atoms with Crippen LogP contribution in [0.15, 0.2) is 12.1 Å². The average Bonchev–Trinajstić information content (AvgIpc) is 2.12. The van der Waals surface area contributed by atoms with Crippen LogP contribution in [0.5, 0.6) is 5.75 Å². The normalized spacial score (nSPS) is 12.9. The molecule has 0 aromatic heterocycles. The van der Waals surface area contributed by atoms with Crippen LogP contribution in [0, 0.1) is 12.7 Å². The predicted molar refractivity (Wildman–Crippen MR) is 46.8 cm³/mol. The highest BCUT2D eigenvalue weighted by Gasteiger charge is 2.15. The molecule has 1 aromatic carbocycles. The van der Waals surface area contributed by atoms with Crippen molar-refractivity contribution in [2.75, 3.05) is 6.61 Å². The molecule has 1 aromatic rings. The van der Waals surface area contributed by atoms with E-state index in [0.29, 0.717) is 5.56 Å². The van der Waals surface area contributed by atoms with Crippen LogP contribution in [-0.2, 0) is 0 Å². The predicted octanol–water partition coefficient (Wildman–Crippen LogP) is 0.832. The molecule has 0 heterocycles. The molecule has 0 unspecified atom stereocenters. The summed E-state index contributed by atoms with van der Waals surface area (Å²) in [7, 11) is 0. The largest absolute Gasteiger partial charge is 0.505 e. The SMILES string of the molecule is Cc1ccc(F)c(O)c1[C@H](N)CO. The topological polar surface area (TPSA) is 66.5 Å². The van der Waals surface area contributed by atoms with E-state index in [0.717, 1.165) is 6.07 Å². The zero-order chi connectivity index (χ0) is 10.0. The summed E-state index contributed by atoms with van der Waals surface area (Å²) in [6.07, 6.45) is 0. The van der Waals surface area contributed by atoms with E-state index < -0.39 is 17.6 Å². The minimum atomic E-state index is -0.740. The monoisotopic (exact) mass is 185 g/mol. The van der Waals surface area contributed by atoms with Crippen molar-refractivity contribution in [1.29, 1.82) is 0 Å². The number of aliphatic hydroxyl groups is 1. The number of phenolic OH excluding ortho intramolecular Hbond substituents is 1. The Balaban J connectivity index is 3.25. The third-order valence-corrected chi connectivity index (χ3v) is 1.95. The number of phenols is 1. The molecule has 3 nitrogen and oxygen atoms in total. The number of halogens is 1. The molecule has 0 bridgehead atoms. The van der Waals surface area contributed by atoms with Gasteiger partial charge in [0, 0.05) is 5.56 Å². The first-order valence-electron chi connectivity index (χ1n) is 3.92. The lowest BCUT2D eigenvalue weighted by molar-refractivity contribution is 0.264. The molecule has 0 radical (unpaired) electrons. The maximum atomic E-state index is 12.9. The van der Waals surface area contributed by atoms with Crippen molar-refractivity contribution in [1.82, 2.24) is 0 Å². The van der Waals surface area contributed by atoms with Crippen molar-refractivity contribution in [2.24, 2.45) is 5.73 Å². The number of aliphatic hydroxyl groups excluding tert-OH is 1. The van der Waals surface area contributed by atoms with Gasteiger partial charge in [-0.3, -0.25) is 0 Å². The summed E-state index contributed by atoms with van der Waals surface area (Å²) in [6.45, 7) is 1.38. The molecule has 4 heteroatoms. The fourth-order valence-electron chi connectivity index (χ4n) is 1.24. The lowest BCUT2D eigenvalue weighted by Gasteiger charge is -2.13. The Morgan fingerprint density at radius 1 is 1.54 bits per heavy atom. The van der Waals surface area contributed by atoms with Crippen molar-refractivity contribution in [3.8, 4) is 5.75 Å². The van der Waals surface area contributed by atoms with Gasteiger partial charge in [0.15, 0.2) is 11.6 Å². The molecule has 0 spiro atoms. The molecule has 0 aliphatic rings. The van der Waals surface area contributed by atoms with E-state index in [1.807, 2.05) is 0 Å². The highest BCUT2D eigenvalue weighted by Crippen LogP contribution is 2.28. The van der Waals surface area contributed by atoms with Crippen molar-refractivity contribution in [2.45, 2.75) is 13.0 Å². The van der Waals surface area contributed by atoms with Gasteiger partial charge in [0.25, 0.3) is 0 Å². The molecular formula is C9H12FNO2. The number of rotatable bonds is 2. The van der Waals surface area contributed by atoms with E-state index in [-0.39, 0.29) is 12.2 Å². The second-order valence-corrected chi connectivity index (χ2v) is 2.92. The zero-order valence-corrected chi connectivity index (χ0v) is 7.29. The summed E-state index contributed by atoms with van der Waals surface area (Å²) in [5, 5.41) is 18.1. The molecule has 0 saturated heterocycles. The summed E-state index contributed by atoms with van der Waals surface area (Å²) in [4.78, 5) is 0. The van der Waals surface area contributed by atoms with Crippen LogP contribution in [0.25, 0.3) is 0 Å². The van der Waals surface area contributed by atoms with E-state index in [1.54, 1.807) is 6.92 Å². The summed E-state index contributed by atoms with van der Waals surface area (Å²) in [6, 6.07) is 1.94. The second-order valence-electron chi connectivity index (χ2n) is 2.92.